The SMILES string of the molecule is COc1cc2ccn3cnc(-c4cccs4)c3c2cc1OC(C)C. The number of nitrogens with zero attached hydrogens (tertiary/aromatic N) is 2. The molecule has 0 radical (unpaired) electrons. The Morgan fingerprint density at radius 3 is 2.75 bits per heavy atom. The Morgan fingerprint density at radius 2 is 2.04 bits per heavy atom. The van der Waals surface area contributed by atoms with Crippen LogP contribution in [0, 0.1) is 0 Å². The number of ether oxygens (including phenoxy) is 2. The van der Waals surface area contributed by atoms with Gasteiger partial charge in [-0.15, -0.1) is 11.3 Å². The van der Waals surface area contributed by atoms with Crippen LogP contribution in [0.2, 0.25) is 0 Å². The number of pyridine rings is 1. The molecule has 0 unspecified atom stereocenters. The first kappa shape index (κ1) is 15.0. The Bertz CT molecular complexity index is 1000. The molecule has 0 bridgehead atoms. The van der Waals surface area contributed by atoms with Crippen LogP contribution in [0.15, 0.2) is 48.2 Å². The van der Waals surface area contributed by atoms with Crippen molar-refractivity contribution in [1.82, 2.24) is 9.38 Å². The average Bonchev–Trinajstić information content (AvgIpc) is 3.22. The number of thiophene rings is 1. The molecule has 0 N–H and O–H groups in total. The fraction of sp³-hybridized carbons (Fsp3) is 0.211. The van der Waals surface area contributed by atoms with Gasteiger partial charge in [0, 0.05) is 11.6 Å². The standard InChI is InChI=1S/C19H18N2O2S/c1-12(2)23-16-10-14-13(9-15(16)22-3)6-7-21-11-20-18(19(14)21)17-5-4-8-24-17/h4-12H,1-3H3. The molecule has 0 saturated heterocycles. The molecule has 3 heterocycles. The fourth-order valence-electron chi connectivity index (χ4n) is 2.92. The molecule has 0 atom stereocenters. The first-order valence-electron chi connectivity index (χ1n) is 7.85. The highest BCUT2D eigenvalue weighted by Gasteiger charge is 2.15. The molecule has 0 fully saturated rings. The third-order valence-corrected chi connectivity index (χ3v) is 4.79. The van der Waals surface area contributed by atoms with Gasteiger partial charge in [0.05, 0.1) is 29.9 Å². The Morgan fingerprint density at radius 1 is 1.17 bits per heavy atom. The number of hydrogen-bond acceptors (Lipinski definition) is 4. The van der Waals surface area contributed by atoms with Gasteiger partial charge in [-0.05, 0) is 48.9 Å². The molecule has 0 amide bonds. The summed E-state index contributed by atoms with van der Waals surface area (Å²) in [6.45, 7) is 4.03. The summed E-state index contributed by atoms with van der Waals surface area (Å²) in [6.07, 6.45) is 3.97. The van der Waals surface area contributed by atoms with E-state index in [-0.39, 0.29) is 6.10 Å². The van der Waals surface area contributed by atoms with Crippen molar-refractivity contribution in [1.29, 1.82) is 0 Å². The Labute approximate surface area is 144 Å². The van der Waals surface area contributed by atoms with Gasteiger partial charge >= 0.3 is 0 Å². The van der Waals surface area contributed by atoms with Crippen molar-refractivity contribution in [2.24, 2.45) is 0 Å². The Kier molecular flexibility index (Phi) is 3.65. The summed E-state index contributed by atoms with van der Waals surface area (Å²) < 4.78 is 13.5. The number of hydrogen-bond donors (Lipinski definition) is 0. The quantitative estimate of drug-likeness (QED) is 0.524. The Hall–Kier alpha value is -2.53. The minimum atomic E-state index is 0.0813. The van der Waals surface area contributed by atoms with E-state index >= 15 is 0 Å². The van der Waals surface area contributed by atoms with Gasteiger partial charge in [-0.1, -0.05) is 6.07 Å². The largest absolute Gasteiger partial charge is 0.493 e. The zero-order valence-electron chi connectivity index (χ0n) is 13.8. The molecule has 24 heavy (non-hydrogen) atoms. The van der Waals surface area contributed by atoms with Gasteiger partial charge in [0.25, 0.3) is 0 Å². The molecule has 0 aliphatic carbocycles. The van der Waals surface area contributed by atoms with E-state index in [0.29, 0.717) is 0 Å². The highest BCUT2D eigenvalue weighted by atomic mass is 32.1. The third kappa shape index (κ3) is 2.41. The average molecular weight is 338 g/mol. The highest BCUT2D eigenvalue weighted by Crippen LogP contribution is 2.38. The summed E-state index contributed by atoms with van der Waals surface area (Å²) in [6, 6.07) is 10.3. The summed E-state index contributed by atoms with van der Waals surface area (Å²) in [5.74, 6) is 1.50. The predicted molar refractivity (Wildman–Crippen MR) is 98.3 cm³/mol. The summed E-state index contributed by atoms with van der Waals surface area (Å²) in [4.78, 5) is 5.78. The van der Waals surface area contributed by atoms with E-state index in [4.69, 9.17) is 9.47 Å². The number of rotatable bonds is 4. The van der Waals surface area contributed by atoms with Crippen molar-refractivity contribution in [2.75, 3.05) is 7.11 Å². The van der Waals surface area contributed by atoms with Crippen molar-refractivity contribution in [3.8, 4) is 22.1 Å². The van der Waals surface area contributed by atoms with Crippen LogP contribution in [0.3, 0.4) is 0 Å². The summed E-state index contributed by atoms with van der Waals surface area (Å²) in [7, 11) is 1.67. The first-order chi connectivity index (χ1) is 11.7. The second-order valence-electron chi connectivity index (χ2n) is 5.90. The lowest BCUT2D eigenvalue weighted by Gasteiger charge is -2.15. The lowest BCUT2D eigenvalue weighted by Crippen LogP contribution is -2.06. The minimum absolute atomic E-state index is 0.0813. The molecule has 4 aromatic rings. The van der Waals surface area contributed by atoms with Crippen LogP contribution in [-0.4, -0.2) is 22.6 Å². The summed E-state index contributed by atoms with van der Waals surface area (Å²) >= 11 is 1.69. The molecule has 122 valence electrons. The predicted octanol–water partition coefficient (Wildman–Crippen LogP) is 5.01. The summed E-state index contributed by atoms with van der Waals surface area (Å²) in [5.41, 5.74) is 2.09. The lowest BCUT2D eigenvalue weighted by atomic mass is 10.1. The number of benzene rings is 1. The third-order valence-electron chi connectivity index (χ3n) is 3.92. The summed E-state index contributed by atoms with van der Waals surface area (Å²) in [5, 5.41) is 4.28. The molecule has 5 heteroatoms. The second-order valence-corrected chi connectivity index (χ2v) is 6.85. The molecular weight excluding hydrogens is 320 g/mol. The van der Waals surface area contributed by atoms with Gasteiger partial charge in [-0.2, -0.15) is 0 Å². The van der Waals surface area contributed by atoms with Crippen molar-refractivity contribution in [3.63, 3.8) is 0 Å². The van der Waals surface area contributed by atoms with Gasteiger partial charge in [-0.3, -0.25) is 0 Å². The molecule has 0 aliphatic heterocycles. The van der Waals surface area contributed by atoms with E-state index in [9.17, 15) is 0 Å². The number of methoxy groups -OCH3 is 1. The zero-order chi connectivity index (χ0) is 16.7. The molecule has 0 saturated carbocycles. The number of aromatic nitrogens is 2. The van der Waals surface area contributed by atoms with Crippen molar-refractivity contribution in [2.45, 2.75) is 20.0 Å². The lowest BCUT2D eigenvalue weighted by molar-refractivity contribution is 0.230. The maximum Gasteiger partial charge on any atom is 0.162 e. The smallest absolute Gasteiger partial charge is 0.162 e. The van der Waals surface area contributed by atoms with Gasteiger partial charge in [-0.25, -0.2) is 4.98 Å². The Balaban J connectivity index is 2.04. The van der Waals surface area contributed by atoms with Crippen LogP contribution in [0.1, 0.15) is 13.8 Å². The van der Waals surface area contributed by atoms with Crippen LogP contribution in [0.5, 0.6) is 11.5 Å². The molecular formula is C19H18N2O2S. The normalized spacial score (nSPS) is 11.5. The number of fused-ring (bicyclic) bond motifs is 3. The highest BCUT2D eigenvalue weighted by molar-refractivity contribution is 7.13. The van der Waals surface area contributed by atoms with E-state index in [1.807, 2.05) is 38.5 Å². The van der Waals surface area contributed by atoms with Crippen molar-refractivity contribution < 1.29 is 9.47 Å². The van der Waals surface area contributed by atoms with Crippen LogP contribution in [-0.2, 0) is 0 Å². The number of imidazole rings is 1. The van der Waals surface area contributed by atoms with Gasteiger partial charge < -0.3 is 13.9 Å². The molecule has 3 aromatic heterocycles. The molecule has 0 aliphatic rings. The van der Waals surface area contributed by atoms with Crippen LogP contribution in [0.25, 0.3) is 26.9 Å². The van der Waals surface area contributed by atoms with Crippen molar-refractivity contribution in [3.05, 3.63) is 48.2 Å². The van der Waals surface area contributed by atoms with Crippen LogP contribution >= 0.6 is 11.3 Å². The van der Waals surface area contributed by atoms with E-state index in [2.05, 4.69) is 33.0 Å². The molecule has 1 aromatic carbocycles. The second kappa shape index (κ2) is 5.83. The maximum atomic E-state index is 5.95. The molecule has 4 nitrogen and oxygen atoms in total. The zero-order valence-corrected chi connectivity index (χ0v) is 14.6. The van der Waals surface area contributed by atoms with E-state index in [0.717, 1.165) is 38.4 Å². The topological polar surface area (TPSA) is 35.8 Å². The van der Waals surface area contributed by atoms with Crippen molar-refractivity contribution >= 4 is 27.6 Å². The first-order valence-corrected chi connectivity index (χ1v) is 8.73. The minimum Gasteiger partial charge on any atom is -0.493 e. The molecule has 0 spiro atoms. The van der Waals surface area contributed by atoms with E-state index in [1.165, 1.54) is 0 Å². The van der Waals surface area contributed by atoms with Crippen LogP contribution < -0.4 is 9.47 Å². The molecule has 4 rings (SSSR count). The monoisotopic (exact) mass is 338 g/mol. The van der Waals surface area contributed by atoms with Gasteiger partial charge in [0.2, 0.25) is 0 Å². The maximum absolute atomic E-state index is 5.95. The fourth-order valence-corrected chi connectivity index (χ4v) is 3.64. The van der Waals surface area contributed by atoms with E-state index in [1.54, 1.807) is 18.4 Å². The van der Waals surface area contributed by atoms with Gasteiger partial charge in [0.1, 0.15) is 5.69 Å². The van der Waals surface area contributed by atoms with Gasteiger partial charge in [0.15, 0.2) is 11.5 Å². The van der Waals surface area contributed by atoms with E-state index < -0.39 is 0 Å². The van der Waals surface area contributed by atoms with Crippen LogP contribution in [0.4, 0.5) is 0 Å².